The lowest BCUT2D eigenvalue weighted by Crippen LogP contribution is -1.88. The van der Waals surface area contributed by atoms with E-state index in [4.69, 9.17) is 0 Å². The molecule has 1 nitrogen and oxygen atoms in total. The van der Waals surface area contributed by atoms with Crippen molar-refractivity contribution in [3.05, 3.63) is 41.6 Å². The highest BCUT2D eigenvalue weighted by Crippen LogP contribution is 2.42. The van der Waals surface area contributed by atoms with Crippen molar-refractivity contribution < 1.29 is 0 Å². The Morgan fingerprint density at radius 1 is 1.14 bits per heavy atom. The lowest BCUT2D eigenvalue weighted by Gasteiger charge is -2.04. The fourth-order valence-corrected chi connectivity index (χ4v) is 1.99. The molecule has 1 fully saturated rings. The number of rotatable bonds is 1. The van der Waals surface area contributed by atoms with E-state index in [0.717, 1.165) is 11.6 Å². The lowest BCUT2D eigenvalue weighted by atomic mass is 10.1. The number of hydrogen-bond acceptors (Lipinski definition) is 1. The third-order valence-corrected chi connectivity index (χ3v) is 2.91. The van der Waals surface area contributed by atoms with Crippen molar-refractivity contribution in [1.29, 1.82) is 0 Å². The van der Waals surface area contributed by atoms with E-state index in [1.807, 2.05) is 0 Å². The Morgan fingerprint density at radius 3 is 2.79 bits per heavy atom. The summed E-state index contributed by atoms with van der Waals surface area (Å²) in [6.07, 6.45) is 2.68. The molecule has 1 aromatic heterocycles. The molecule has 0 radical (unpaired) electrons. The topological polar surface area (TPSA) is 12.9 Å². The van der Waals surface area contributed by atoms with Crippen LogP contribution in [0.1, 0.15) is 30.0 Å². The predicted molar refractivity (Wildman–Crippen MR) is 58.5 cm³/mol. The second-order valence-corrected chi connectivity index (χ2v) is 4.15. The van der Waals surface area contributed by atoms with Gasteiger partial charge in [0.1, 0.15) is 0 Å². The average molecular weight is 183 g/mol. The number of pyridine rings is 1. The van der Waals surface area contributed by atoms with Gasteiger partial charge in [-0.2, -0.15) is 0 Å². The molecule has 0 bridgehead atoms. The van der Waals surface area contributed by atoms with Crippen LogP contribution >= 0.6 is 0 Å². The largest absolute Gasteiger partial charge is 0.253 e. The number of nitrogens with zero attached hydrogens (tertiary/aromatic N) is 1. The third kappa shape index (κ3) is 1.20. The third-order valence-electron chi connectivity index (χ3n) is 2.91. The Bertz CT molecular complexity index is 484. The molecule has 2 aromatic rings. The number of aryl methyl sites for hydroxylation is 1. The van der Waals surface area contributed by atoms with E-state index in [9.17, 15) is 0 Å². The van der Waals surface area contributed by atoms with Crippen molar-refractivity contribution in [3.63, 3.8) is 0 Å². The van der Waals surface area contributed by atoms with Crippen LogP contribution in [0.4, 0.5) is 0 Å². The van der Waals surface area contributed by atoms with Crippen molar-refractivity contribution in [2.24, 2.45) is 0 Å². The van der Waals surface area contributed by atoms with Gasteiger partial charge < -0.3 is 0 Å². The quantitative estimate of drug-likeness (QED) is 0.660. The Hall–Kier alpha value is -1.37. The molecule has 1 aromatic carbocycles. The smallest absolute Gasteiger partial charge is 0.0739 e. The molecule has 1 aliphatic rings. The van der Waals surface area contributed by atoms with Crippen LogP contribution in [0.3, 0.4) is 0 Å². The zero-order valence-electron chi connectivity index (χ0n) is 8.33. The van der Waals surface area contributed by atoms with E-state index in [1.165, 1.54) is 29.3 Å². The van der Waals surface area contributed by atoms with Gasteiger partial charge in [-0.1, -0.05) is 24.3 Å². The average Bonchev–Trinajstić information content (AvgIpc) is 3.00. The number of benzene rings is 1. The van der Waals surface area contributed by atoms with E-state index in [1.54, 1.807) is 0 Å². The summed E-state index contributed by atoms with van der Waals surface area (Å²) in [7, 11) is 0. The minimum atomic E-state index is 0.785. The van der Waals surface area contributed by atoms with E-state index in [0.29, 0.717) is 0 Å². The zero-order chi connectivity index (χ0) is 9.54. The van der Waals surface area contributed by atoms with Crippen LogP contribution in [0, 0.1) is 6.92 Å². The molecule has 1 saturated carbocycles. The summed E-state index contributed by atoms with van der Waals surface area (Å²) in [5, 5.41) is 1.28. The molecule has 0 amide bonds. The van der Waals surface area contributed by atoms with E-state index in [2.05, 4.69) is 42.2 Å². The Labute approximate surface area is 83.8 Å². The highest BCUT2D eigenvalue weighted by molar-refractivity contribution is 5.82. The van der Waals surface area contributed by atoms with E-state index < -0.39 is 0 Å². The van der Waals surface area contributed by atoms with Crippen LogP contribution in [-0.2, 0) is 0 Å². The van der Waals surface area contributed by atoms with Gasteiger partial charge in [-0.25, -0.2) is 0 Å². The molecule has 0 spiro atoms. The molecule has 14 heavy (non-hydrogen) atoms. The normalized spacial score (nSPS) is 16.1. The fraction of sp³-hybridized carbons (Fsp3) is 0.308. The summed E-state index contributed by atoms with van der Waals surface area (Å²) in [4.78, 5) is 4.64. The minimum absolute atomic E-state index is 0.785. The molecule has 1 heterocycles. The van der Waals surface area contributed by atoms with Gasteiger partial charge in [0.05, 0.1) is 5.52 Å². The summed E-state index contributed by atoms with van der Waals surface area (Å²) in [5.41, 5.74) is 3.78. The molecule has 0 aliphatic heterocycles. The second kappa shape index (κ2) is 2.81. The number of fused-ring (bicyclic) bond motifs is 1. The van der Waals surface area contributed by atoms with Gasteiger partial charge in [-0.3, -0.25) is 4.98 Å². The van der Waals surface area contributed by atoms with Gasteiger partial charge in [-0.05, 0) is 37.3 Å². The first-order valence-electron chi connectivity index (χ1n) is 5.21. The molecule has 1 aliphatic carbocycles. The Morgan fingerprint density at radius 2 is 2.00 bits per heavy atom. The molecular weight excluding hydrogens is 170 g/mol. The predicted octanol–water partition coefficient (Wildman–Crippen LogP) is 3.42. The lowest BCUT2D eigenvalue weighted by molar-refractivity contribution is 1.12. The first-order chi connectivity index (χ1) is 6.84. The van der Waals surface area contributed by atoms with Gasteiger partial charge >= 0.3 is 0 Å². The Kier molecular flexibility index (Phi) is 1.60. The molecule has 0 saturated heterocycles. The van der Waals surface area contributed by atoms with Crippen molar-refractivity contribution >= 4 is 10.9 Å². The summed E-state index contributed by atoms with van der Waals surface area (Å²) in [5.74, 6) is 0.785. The first kappa shape index (κ1) is 7.98. The van der Waals surface area contributed by atoms with Crippen molar-refractivity contribution in [2.45, 2.75) is 25.7 Å². The summed E-state index contributed by atoms with van der Waals surface area (Å²) < 4.78 is 0. The second-order valence-electron chi connectivity index (χ2n) is 4.15. The fourth-order valence-electron chi connectivity index (χ4n) is 1.99. The molecule has 0 N–H and O–H groups in total. The molecule has 70 valence electrons. The van der Waals surface area contributed by atoms with Gasteiger partial charge in [0.2, 0.25) is 0 Å². The molecule has 3 rings (SSSR count). The van der Waals surface area contributed by atoms with Crippen molar-refractivity contribution in [2.75, 3.05) is 0 Å². The first-order valence-corrected chi connectivity index (χ1v) is 5.21. The van der Waals surface area contributed by atoms with Crippen LogP contribution in [0.2, 0.25) is 0 Å². The summed E-state index contributed by atoms with van der Waals surface area (Å²) in [6.45, 7) is 2.06. The van der Waals surface area contributed by atoms with E-state index in [-0.39, 0.29) is 0 Å². The zero-order valence-corrected chi connectivity index (χ0v) is 8.33. The maximum atomic E-state index is 4.64. The minimum Gasteiger partial charge on any atom is -0.253 e. The van der Waals surface area contributed by atoms with Crippen LogP contribution in [0.15, 0.2) is 30.3 Å². The summed E-state index contributed by atoms with van der Waals surface area (Å²) in [6, 6.07) is 10.8. The van der Waals surface area contributed by atoms with Crippen LogP contribution in [-0.4, -0.2) is 4.98 Å². The van der Waals surface area contributed by atoms with Crippen molar-refractivity contribution in [1.82, 2.24) is 4.98 Å². The number of aromatic nitrogens is 1. The molecule has 1 heteroatoms. The van der Waals surface area contributed by atoms with Gasteiger partial charge in [0.25, 0.3) is 0 Å². The highest BCUT2D eigenvalue weighted by Gasteiger charge is 2.25. The SMILES string of the molecule is Cc1ccc2cccc(C3CC3)c2n1. The van der Waals surface area contributed by atoms with Crippen LogP contribution in [0.5, 0.6) is 0 Å². The maximum absolute atomic E-state index is 4.64. The Balaban J connectivity index is 2.32. The van der Waals surface area contributed by atoms with Gasteiger partial charge in [-0.15, -0.1) is 0 Å². The summed E-state index contributed by atoms with van der Waals surface area (Å²) >= 11 is 0. The molecule has 0 unspecified atom stereocenters. The maximum Gasteiger partial charge on any atom is 0.0739 e. The molecular formula is C13H13N. The monoisotopic (exact) mass is 183 g/mol. The molecule has 0 atom stereocenters. The number of hydrogen-bond donors (Lipinski definition) is 0. The van der Waals surface area contributed by atoms with Crippen molar-refractivity contribution in [3.8, 4) is 0 Å². The van der Waals surface area contributed by atoms with Crippen LogP contribution in [0.25, 0.3) is 10.9 Å². The van der Waals surface area contributed by atoms with Gasteiger partial charge in [0.15, 0.2) is 0 Å². The standard InChI is InChI=1S/C13H13N/c1-9-5-6-11-3-2-4-12(10-7-8-10)13(11)14-9/h2-6,10H,7-8H2,1H3. The van der Waals surface area contributed by atoms with E-state index >= 15 is 0 Å². The van der Waals surface area contributed by atoms with Crippen LogP contribution < -0.4 is 0 Å². The number of para-hydroxylation sites is 1. The highest BCUT2D eigenvalue weighted by atomic mass is 14.7. The van der Waals surface area contributed by atoms with Gasteiger partial charge in [0, 0.05) is 11.1 Å².